The van der Waals surface area contributed by atoms with E-state index in [4.69, 9.17) is 0 Å². The van der Waals surface area contributed by atoms with Gasteiger partial charge in [0.1, 0.15) is 4.83 Å². The Kier molecular flexibility index (Phi) is 6.24. The quantitative estimate of drug-likeness (QED) is 0.391. The number of thiophene rings is 1. The normalized spacial score (nSPS) is 15.7. The van der Waals surface area contributed by atoms with E-state index < -0.39 is 0 Å². The van der Waals surface area contributed by atoms with E-state index in [1.165, 1.54) is 35.5 Å². The molecule has 2 amide bonds. The number of nitrogens with zero attached hydrogens (tertiary/aromatic N) is 5. The fourth-order valence-electron chi connectivity index (χ4n) is 4.48. The van der Waals surface area contributed by atoms with Crippen molar-refractivity contribution in [3.05, 3.63) is 46.9 Å². The van der Waals surface area contributed by atoms with Crippen LogP contribution in [0.15, 0.2) is 30.9 Å². The lowest BCUT2D eigenvalue weighted by atomic mass is 10.0. The molecule has 5 heterocycles. The van der Waals surface area contributed by atoms with Gasteiger partial charge in [-0.25, -0.2) is 4.52 Å². The Morgan fingerprint density at radius 1 is 1.14 bits per heavy atom. The predicted molar refractivity (Wildman–Crippen MR) is 139 cm³/mol. The molecule has 184 valence electrons. The Bertz CT molecular complexity index is 1390. The number of anilines is 1. The van der Waals surface area contributed by atoms with E-state index in [-0.39, 0.29) is 17.4 Å². The van der Waals surface area contributed by atoms with Gasteiger partial charge in [-0.2, -0.15) is 10.2 Å². The third-order valence-corrected chi connectivity index (χ3v) is 8.85. The molecule has 5 rings (SSSR count). The molecule has 1 saturated heterocycles. The van der Waals surface area contributed by atoms with Gasteiger partial charge in [-0.05, 0) is 51.8 Å². The number of rotatable bonds is 7. The van der Waals surface area contributed by atoms with E-state index in [0.29, 0.717) is 22.0 Å². The highest BCUT2D eigenvalue weighted by Gasteiger charge is 2.31. The molecule has 0 bridgehead atoms. The second-order valence-corrected chi connectivity index (χ2v) is 11.6. The molecule has 2 N–H and O–H groups in total. The van der Waals surface area contributed by atoms with Gasteiger partial charge < -0.3 is 10.6 Å². The number of likely N-dealkylation sites (tertiary alicyclic amines) is 1. The Labute approximate surface area is 211 Å². The molecule has 0 saturated carbocycles. The summed E-state index contributed by atoms with van der Waals surface area (Å²) in [6.07, 6.45) is 9.58. The molecule has 1 fully saturated rings. The molecule has 0 spiro atoms. The van der Waals surface area contributed by atoms with Crippen LogP contribution in [0, 0.1) is 6.92 Å². The van der Waals surface area contributed by atoms with Crippen molar-refractivity contribution in [2.24, 2.45) is 7.05 Å². The van der Waals surface area contributed by atoms with Gasteiger partial charge in [0.2, 0.25) is 0 Å². The largest absolute Gasteiger partial charge is 0.350 e. The number of aryl methyl sites for hydroxylation is 2. The Morgan fingerprint density at radius 2 is 1.97 bits per heavy atom. The van der Waals surface area contributed by atoms with E-state index in [0.717, 1.165) is 33.9 Å². The molecule has 0 unspecified atom stereocenters. The van der Waals surface area contributed by atoms with Gasteiger partial charge in [0.15, 0.2) is 0 Å². The third kappa shape index (κ3) is 4.75. The highest BCUT2D eigenvalue weighted by atomic mass is 32.1. The Hall–Kier alpha value is -3.02. The number of aromatic nitrogens is 4. The molecule has 11 heteroatoms. The Morgan fingerprint density at radius 3 is 2.69 bits per heavy atom. The number of nitrogens with one attached hydrogen (secondary N) is 2. The summed E-state index contributed by atoms with van der Waals surface area (Å²) in [5, 5.41) is 15.2. The zero-order valence-corrected chi connectivity index (χ0v) is 21.9. The summed E-state index contributed by atoms with van der Waals surface area (Å²) in [5.74, 6) is -0.351. The number of carbonyl (C=O) groups is 2. The third-order valence-electron chi connectivity index (χ3n) is 6.54. The lowest BCUT2D eigenvalue weighted by Crippen LogP contribution is -2.42. The maximum atomic E-state index is 13.1. The zero-order valence-electron chi connectivity index (χ0n) is 20.3. The second-order valence-electron chi connectivity index (χ2n) is 9.54. The molecular weight excluding hydrogens is 482 g/mol. The van der Waals surface area contributed by atoms with Crippen LogP contribution in [0.3, 0.4) is 0 Å². The van der Waals surface area contributed by atoms with Gasteiger partial charge in [0.25, 0.3) is 11.8 Å². The van der Waals surface area contributed by atoms with Crippen LogP contribution in [-0.4, -0.2) is 61.3 Å². The lowest BCUT2D eigenvalue weighted by molar-refractivity contribution is 0.0943. The van der Waals surface area contributed by atoms with E-state index in [1.54, 1.807) is 21.6 Å². The number of fused-ring (bicyclic) bond motifs is 1. The van der Waals surface area contributed by atoms with Crippen LogP contribution < -0.4 is 10.6 Å². The van der Waals surface area contributed by atoms with Crippen LogP contribution in [0.25, 0.3) is 15.3 Å². The van der Waals surface area contributed by atoms with Gasteiger partial charge in [-0.3, -0.25) is 19.2 Å². The summed E-state index contributed by atoms with van der Waals surface area (Å²) < 4.78 is 3.45. The van der Waals surface area contributed by atoms with Crippen molar-refractivity contribution in [3.63, 3.8) is 0 Å². The first-order chi connectivity index (χ1) is 16.7. The van der Waals surface area contributed by atoms with Crippen LogP contribution >= 0.6 is 22.7 Å². The first-order valence-electron chi connectivity index (χ1n) is 11.6. The zero-order chi connectivity index (χ0) is 24.7. The van der Waals surface area contributed by atoms with Crippen molar-refractivity contribution in [1.82, 2.24) is 29.6 Å². The lowest BCUT2D eigenvalue weighted by Gasteiger charge is -2.31. The van der Waals surface area contributed by atoms with Crippen LogP contribution in [0.5, 0.6) is 0 Å². The van der Waals surface area contributed by atoms with Crippen molar-refractivity contribution < 1.29 is 9.59 Å². The molecule has 1 aliphatic rings. The summed E-state index contributed by atoms with van der Waals surface area (Å²) >= 11 is 2.78. The number of hydrogen-bond donors (Lipinski definition) is 2. The highest BCUT2D eigenvalue weighted by Crippen LogP contribution is 2.32. The molecule has 35 heavy (non-hydrogen) atoms. The molecule has 0 aliphatic carbocycles. The van der Waals surface area contributed by atoms with E-state index in [2.05, 4.69) is 39.6 Å². The SMILES string of the molecule is Cc1cc(C(=O)NCCN2CCCC2(C)C)sc1NC(=O)c1cnn2cc(-c3cnn(C)c3)sc12. The molecule has 0 aromatic carbocycles. The summed E-state index contributed by atoms with van der Waals surface area (Å²) in [6, 6.07) is 1.83. The van der Waals surface area contributed by atoms with E-state index >= 15 is 0 Å². The van der Waals surface area contributed by atoms with Gasteiger partial charge in [-0.15, -0.1) is 22.7 Å². The molecule has 0 atom stereocenters. The Balaban J connectivity index is 1.24. The van der Waals surface area contributed by atoms with Gasteiger partial charge in [-0.1, -0.05) is 0 Å². The molecule has 4 aromatic rings. The highest BCUT2D eigenvalue weighted by molar-refractivity contribution is 7.21. The van der Waals surface area contributed by atoms with Gasteiger partial charge >= 0.3 is 0 Å². The minimum atomic E-state index is -0.243. The molecule has 0 radical (unpaired) electrons. The first kappa shape index (κ1) is 23.7. The number of thiazole rings is 1. The summed E-state index contributed by atoms with van der Waals surface area (Å²) in [7, 11) is 1.87. The van der Waals surface area contributed by atoms with Crippen LogP contribution in [-0.2, 0) is 7.05 Å². The topological polar surface area (TPSA) is 96.6 Å². The van der Waals surface area contributed by atoms with Crippen LogP contribution in [0.1, 0.15) is 52.3 Å². The number of hydrogen-bond acceptors (Lipinski definition) is 7. The first-order valence-corrected chi connectivity index (χ1v) is 13.3. The molecule has 9 nitrogen and oxygen atoms in total. The summed E-state index contributed by atoms with van der Waals surface area (Å²) in [4.78, 5) is 30.6. The number of amides is 2. The van der Waals surface area contributed by atoms with Crippen LogP contribution in [0.4, 0.5) is 5.00 Å². The van der Waals surface area contributed by atoms with Gasteiger partial charge in [0, 0.05) is 43.6 Å². The van der Waals surface area contributed by atoms with Gasteiger partial charge in [0.05, 0.1) is 32.7 Å². The minimum absolute atomic E-state index is 0.108. The van der Waals surface area contributed by atoms with E-state index in [1.807, 2.05) is 32.4 Å². The summed E-state index contributed by atoms with van der Waals surface area (Å²) in [6.45, 7) is 8.93. The van der Waals surface area contributed by atoms with Crippen molar-refractivity contribution in [2.45, 2.75) is 39.2 Å². The molecular formula is C24H29N7O2S2. The standard InChI is InChI=1S/C24H29N7O2S2/c1-15-10-18(21(33)25-7-9-30-8-5-6-24(30,2)3)34-22(15)28-20(32)17-12-27-31-14-19(35-23(17)31)16-11-26-29(4)13-16/h10-14H,5-9H2,1-4H3,(H,25,33)(H,28,32). The average molecular weight is 512 g/mol. The monoisotopic (exact) mass is 511 g/mol. The smallest absolute Gasteiger partial charge is 0.261 e. The van der Waals surface area contributed by atoms with E-state index in [9.17, 15) is 9.59 Å². The summed E-state index contributed by atoms with van der Waals surface area (Å²) in [5.41, 5.74) is 2.53. The average Bonchev–Trinajstić information content (AvgIpc) is 3.59. The molecule has 1 aliphatic heterocycles. The fourth-order valence-corrected chi connectivity index (χ4v) is 6.50. The second kappa shape index (κ2) is 9.21. The predicted octanol–water partition coefficient (Wildman–Crippen LogP) is 4.02. The van der Waals surface area contributed by atoms with Crippen molar-refractivity contribution in [3.8, 4) is 10.4 Å². The molecule has 4 aromatic heterocycles. The maximum absolute atomic E-state index is 13.1. The minimum Gasteiger partial charge on any atom is -0.350 e. The van der Waals surface area contributed by atoms with Crippen molar-refractivity contribution in [2.75, 3.05) is 25.0 Å². The van der Waals surface area contributed by atoms with Crippen molar-refractivity contribution in [1.29, 1.82) is 0 Å². The van der Waals surface area contributed by atoms with Crippen LogP contribution in [0.2, 0.25) is 0 Å². The fraction of sp³-hybridized carbons (Fsp3) is 0.417. The van der Waals surface area contributed by atoms with Crippen molar-refractivity contribution >= 4 is 44.3 Å². The number of carbonyl (C=O) groups excluding carboxylic acids is 2. The maximum Gasteiger partial charge on any atom is 0.261 e.